The normalized spacial score (nSPS) is 11.4. The lowest BCUT2D eigenvalue weighted by molar-refractivity contribution is 0.00758. The standard InChI is InChI=1S/C19H14F2O2/c1-23-15-11-9-14(10-12-15)19(20,21)18(22)17-8-4-6-13-5-2-3-7-16(13)17/h2-12H,1H3. The molecule has 0 fully saturated rings. The molecular weight excluding hydrogens is 298 g/mol. The molecule has 0 aliphatic rings. The van der Waals surface area contributed by atoms with Crippen molar-refractivity contribution in [3.05, 3.63) is 77.9 Å². The Labute approximate surface area is 132 Å². The van der Waals surface area contributed by atoms with Gasteiger partial charge in [0.2, 0.25) is 5.78 Å². The zero-order chi connectivity index (χ0) is 16.4. The Kier molecular flexibility index (Phi) is 3.82. The summed E-state index contributed by atoms with van der Waals surface area (Å²) in [6.45, 7) is 0. The Morgan fingerprint density at radius 1 is 0.913 bits per heavy atom. The van der Waals surface area contributed by atoms with Crippen LogP contribution in [0.15, 0.2) is 66.7 Å². The molecule has 0 heterocycles. The summed E-state index contributed by atoms with van der Waals surface area (Å²) in [4.78, 5) is 12.5. The van der Waals surface area contributed by atoms with Crippen molar-refractivity contribution in [1.82, 2.24) is 0 Å². The fourth-order valence-electron chi connectivity index (χ4n) is 2.52. The lowest BCUT2D eigenvalue weighted by Crippen LogP contribution is -2.26. The second-order valence-corrected chi connectivity index (χ2v) is 5.16. The SMILES string of the molecule is COc1ccc(C(F)(F)C(=O)c2cccc3ccccc23)cc1. The highest BCUT2D eigenvalue weighted by Crippen LogP contribution is 2.34. The quantitative estimate of drug-likeness (QED) is 0.645. The van der Waals surface area contributed by atoms with Crippen molar-refractivity contribution in [2.24, 2.45) is 0 Å². The first-order valence-electron chi connectivity index (χ1n) is 7.09. The molecule has 0 aromatic heterocycles. The van der Waals surface area contributed by atoms with Crippen molar-refractivity contribution >= 4 is 16.6 Å². The van der Waals surface area contributed by atoms with Crippen LogP contribution in [0.3, 0.4) is 0 Å². The maximum atomic E-state index is 14.6. The van der Waals surface area contributed by atoms with Crippen molar-refractivity contribution in [3.8, 4) is 5.75 Å². The zero-order valence-electron chi connectivity index (χ0n) is 12.4. The van der Waals surface area contributed by atoms with Crippen LogP contribution in [0.25, 0.3) is 10.8 Å². The van der Waals surface area contributed by atoms with Gasteiger partial charge in [0.15, 0.2) is 0 Å². The number of benzene rings is 3. The predicted molar refractivity (Wildman–Crippen MR) is 85.2 cm³/mol. The van der Waals surface area contributed by atoms with Crippen LogP contribution >= 0.6 is 0 Å². The molecule has 3 rings (SSSR count). The predicted octanol–water partition coefficient (Wildman–Crippen LogP) is 4.82. The van der Waals surface area contributed by atoms with E-state index in [1.807, 2.05) is 0 Å². The van der Waals surface area contributed by atoms with Crippen molar-refractivity contribution in [2.45, 2.75) is 5.92 Å². The largest absolute Gasteiger partial charge is 0.497 e. The van der Waals surface area contributed by atoms with Crippen molar-refractivity contribution in [2.75, 3.05) is 7.11 Å². The minimum atomic E-state index is -3.60. The van der Waals surface area contributed by atoms with Crippen molar-refractivity contribution in [1.29, 1.82) is 0 Å². The smallest absolute Gasteiger partial charge is 0.334 e. The van der Waals surface area contributed by atoms with E-state index < -0.39 is 11.7 Å². The third-order valence-electron chi connectivity index (χ3n) is 3.77. The van der Waals surface area contributed by atoms with Crippen LogP contribution in [0.1, 0.15) is 15.9 Å². The third kappa shape index (κ3) is 2.68. The molecule has 0 aliphatic heterocycles. The zero-order valence-corrected chi connectivity index (χ0v) is 12.4. The number of ether oxygens (including phenoxy) is 1. The molecule has 0 N–H and O–H groups in total. The first-order valence-corrected chi connectivity index (χ1v) is 7.09. The highest BCUT2D eigenvalue weighted by molar-refractivity contribution is 6.11. The number of carbonyl (C=O) groups is 1. The van der Waals surface area contributed by atoms with Gasteiger partial charge in [0.1, 0.15) is 5.75 Å². The summed E-state index contributed by atoms with van der Waals surface area (Å²) in [5.74, 6) is -4.35. The summed E-state index contributed by atoms with van der Waals surface area (Å²) in [6.07, 6.45) is 0. The Balaban J connectivity index is 2.06. The van der Waals surface area contributed by atoms with Crippen LogP contribution in [-0.2, 0) is 5.92 Å². The molecule has 0 saturated carbocycles. The molecule has 2 nitrogen and oxygen atoms in total. The summed E-state index contributed by atoms with van der Waals surface area (Å²) >= 11 is 0. The van der Waals surface area contributed by atoms with Gasteiger partial charge in [0.05, 0.1) is 7.11 Å². The van der Waals surface area contributed by atoms with E-state index in [0.717, 1.165) is 5.39 Å². The number of ketones is 1. The molecule has 23 heavy (non-hydrogen) atoms. The lowest BCUT2D eigenvalue weighted by Gasteiger charge is -2.17. The van der Waals surface area contributed by atoms with Crippen LogP contribution in [0.4, 0.5) is 8.78 Å². The van der Waals surface area contributed by atoms with Gasteiger partial charge in [0, 0.05) is 11.1 Å². The van der Waals surface area contributed by atoms with Gasteiger partial charge in [-0.25, -0.2) is 0 Å². The van der Waals surface area contributed by atoms with E-state index in [4.69, 9.17) is 4.74 Å². The molecule has 0 radical (unpaired) electrons. The molecule has 0 bridgehead atoms. The van der Waals surface area contributed by atoms with Gasteiger partial charge in [-0.05, 0) is 35.0 Å². The first kappa shape index (κ1) is 15.2. The molecule has 0 aliphatic carbocycles. The molecule has 0 saturated heterocycles. The van der Waals surface area contributed by atoms with Crippen LogP contribution in [0.5, 0.6) is 5.75 Å². The van der Waals surface area contributed by atoms with Crippen molar-refractivity contribution < 1.29 is 18.3 Å². The number of hydrogen-bond acceptors (Lipinski definition) is 2. The third-order valence-corrected chi connectivity index (χ3v) is 3.77. The molecule has 4 heteroatoms. The Hall–Kier alpha value is -2.75. The molecule has 0 spiro atoms. The Bertz CT molecular complexity index is 849. The van der Waals surface area contributed by atoms with Gasteiger partial charge in [-0.1, -0.05) is 42.5 Å². The van der Waals surface area contributed by atoms with E-state index in [1.54, 1.807) is 36.4 Å². The molecule has 0 amide bonds. The summed E-state index contributed by atoms with van der Waals surface area (Å²) in [5, 5.41) is 1.28. The minimum absolute atomic E-state index is 0.0175. The van der Waals surface area contributed by atoms with Gasteiger partial charge in [0.25, 0.3) is 0 Å². The number of rotatable bonds is 4. The second kappa shape index (κ2) is 5.80. The number of Topliss-reactive ketones (excluding diaryl/α,β-unsaturated/α-hetero) is 1. The number of alkyl halides is 2. The van der Waals surface area contributed by atoms with Crippen molar-refractivity contribution in [3.63, 3.8) is 0 Å². The van der Waals surface area contributed by atoms with E-state index in [-0.39, 0.29) is 11.1 Å². The Morgan fingerprint density at radius 3 is 2.26 bits per heavy atom. The highest BCUT2D eigenvalue weighted by atomic mass is 19.3. The summed E-state index contributed by atoms with van der Waals surface area (Å²) < 4.78 is 34.2. The summed E-state index contributed by atoms with van der Waals surface area (Å²) in [6, 6.07) is 17.1. The molecule has 0 unspecified atom stereocenters. The van der Waals surface area contributed by atoms with E-state index in [1.165, 1.54) is 37.4 Å². The topological polar surface area (TPSA) is 26.3 Å². The fourth-order valence-corrected chi connectivity index (χ4v) is 2.52. The molecular formula is C19H14F2O2. The van der Waals surface area contributed by atoms with Gasteiger partial charge < -0.3 is 4.74 Å². The molecule has 3 aromatic carbocycles. The lowest BCUT2D eigenvalue weighted by atomic mass is 9.94. The van der Waals surface area contributed by atoms with E-state index >= 15 is 0 Å². The molecule has 3 aromatic rings. The number of fused-ring (bicyclic) bond motifs is 1. The van der Waals surface area contributed by atoms with E-state index in [2.05, 4.69) is 0 Å². The number of hydrogen-bond donors (Lipinski definition) is 0. The minimum Gasteiger partial charge on any atom is -0.497 e. The summed E-state index contributed by atoms with van der Waals surface area (Å²) in [7, 11) is 1.45. The fraction of sp³-hybridized carbons (Fsp3) is 0.105. The van der Waals surface area contributed by atoms with Crippen LogP contribution in [-0.4, -0.2) is 12.9 Å². The van der Waals surface area contributed by atoms with Crippen LogP contribution in [0.2, 0.25) is 0 Å². The monoisotopic (exact) mass is 312 g/mol. The van der Waals surface area contributed by atoms with Gasteiger partial charge >= 0.3 is 5.92 Å². The first-order chi connectivity index (χ1) is 11.0. The van der Waals surface area contributed by atoms with Gasteiger partial charge in [-0.3, -0.25) is 4.79 Å². The average molecular weight is 312 g/mol. The summed E-state index contributed by atoms with van der Waals surface area (Å²) in [5.41, 5.74) is -0.333. The maximum absolute atomic E-state index is 14.6. The van der Waals surface area contributed by atoms with Gasteiger partial charge in [-0.15, -0.1) is 0 Å². The maximum Gasteiger partial charge on any atom is 0.334 e. The Morgan fingerprint density at radius 2 is 1.57 bits per heavy atom. The highest BCUT2D eigenvalue weighted by Gasteiger charge is 2.41. The average Bonchev–Trinajstić information content (AvgIpc) is 2.60. The van der Waals surface area contributed by atoms with Crippen LogP contribution in [0, 0.1) is 0 Å². The number of methoxy groups -OCH3 is 1. The second-order valence-electron chi connectivity index (χ2n) is 5.16. The number of halogens is 2. The van der Waals surface area contributed by atoms with E-state index in [9.17, 15) is 13.6 Å². The molecule has 116 valence electrons. The number of carbonyl (C=O) groups excluding carboxylic acids is 1. The molecule has 0 atom stereocenters. The van der Waals surface area contributed by atoms with Gasteiger partial charge in [-0.2, -0.15) is 8.78 Å². The van der Waals surface area contributed by atoms with Crippen LogP contribution < -0.4 is 4.74 Å². The van der Waals surface area contributed by atoms with E-state index in [0.29, 0.717) is 11.1 Å².